The Kier molecular flexibility index (Phi) is 5.88. The molecule has 0 heterocycles. The van der Waals surface area contributed by atoms with Gasteiger partial charge in [-0.05, 0) is 5.92 Å². The van der Waals surface area contributed by atoms with Crippen LogP contribution in [0.3, 0.4) is 0 Å². The number of nitrogens with two attached hydrogens (primary N) is 1. The summed E-state index contributed by atoms with van der Waals surface area (Å²) < 4.78 is 0. The topological polar surface area (TPSA) is 113 Å². The number of amides is 1. The molecule has 0 aromatic carbocycles. The molecule has 0 aliphatic heterocycles. The maximum Gasteiger partial charge on any atom is 0.332 e. The SMILES string of the molecule is CC(C)[C@H](N)C(=O)NCC[C@H](O)C(=O)O. The molecule has 0 rings (SSSR count). The second-order valence-corrected chi connectivity index (χ2v) is 3.70. The van der Waals surface area contributed by atoms with Gasteiger partial charge in [-0.1, -0.05) is 13.8 Å². The van der Waals surface area contributed by atoms with Gasteiger partial charge in [-0.25, -0.2) is 4.79 Å². The van der Waals surface area contributed by atoms with E-state index in [2.05, 4.69) is 5.32 Å². The summed E-state index contributed by atoms with van der Waals surface area (Å²) in [5.41, 5.74) is 5.55. The van der Waals surface area contributed by atoms with Crippen molar-refractivity contribution in [3.63, 3.8) is 0 Å². The van der Waals surface area contributed by atoms with Crippen LogP contribution in [-0.2, 0) is 9.59 Å². The van der Waals surface area contributed by atoms with Crippen molar-refractivity contribution in [2.24, 2.45) is 11.7 Å². The maximum absolute atomic E-state index is 11.3. The lowest BCUT2D eigenvalue weighted by Crippen LogP contribution is -2.44. The number of carboxylic acids is 1. The molecule has 15 heavy (non-hydrogen) atoms. The summed E-state index contributed by atoms with van der Waals surface area (Å²) in [5, 5.41) is 19.7. The van der Waals surface area contributed by atoms with Crippen LogP contribution in [0.4, 0.5) is 0 Å². The molecule has 0 unspecified atom stereocenters. The number of carbonyl (C=O) groups excluding carboxylic acids is 1. The molecule has 0 aliphatic carbocycles. The number of carboxylic acid groups (broad SMARTS) is 1. The van der Waals surface area contributed by atoms with E-state index in [0.29, 0.717) is 0 Å². The normalized spacial score (nSPS) is 14.7. The molecule has 0 radical (unpaired) electrons. The van der Waals surface area contributed by atoms with E-state index in [1.165, 1.54) is 0 Å². The van der Waals surface area contributed by atoms with Crippen molar-refractivity contribution in [3.8, 4) is 0 Å². The zero-order valence-corrected chi connectivity index (χ0v) is 8.93. The van der Waals surface area contributed by atoms with Crippen LogP contribution in [-0.4, -0.2) is 40.8 Å². The van der Waals surface area contributed by atoms with Gasteiger partial charge in [-0.15, -0.1) is 0 Å². The van der Waals surface area contributed by atoms with Gasteiger partial charge in [0.05, 0.1) is 6.04 Å². The predicted octanol–water partition coefficient (Wildman–Crippen LogP) is -1.08. The monoisotopic (exact) mass is 218 g/mol. The second kappa shape index (κ2) is 6.36. The number of aliphatic hydroxyl groups is 1. The molecule has 0 saturated heterocycles. The predicted molar refractivity (Wildman–Crippen MR) is 54.1 cm³/mol. The quantitative estimate of drug-likeness (QED) is 0.453. The highest BCUT2D eigenvalue weighted by molar-refractivity contribution is 5.81. The van der Waals surface area contributed by atoms with E-state index in [-0.39, 0.29) is 24.8 Å². The Morgan fingerprint density at radius 1 is 1.40 bits per heavy atom. The van der Waals surface area contributed by atoms with E-state index in [4.69, 9.17) is 15.9 Å². The molecule has 0 aromatic heterocycles. The van der Waals surface area contributed by atoms with Gasteiger partial charge < -0.3 is 21.3 Å². The molecule has 0 saturated carbocycles. The highest BCUT2D eigenvalue weighted by Gasteiger charge is 2.18. The van der Waals surface area contributed by atoms with Crippen LogP contribution in [0.1, 0.15) is 20.3 Å². The summed E-state index contributed by atoms with van der Waals surface area (Å²) in [5.74, 6) is -1.60. The van der Waals surface area contributed by atoms with Gasteiger partial charge in [0.2, 0.25) is 5.91 Å². The summed E-state index contributed by atoms with van der Waals surface area (Å²) in [6.45, 7) is 3.74. The van der Waals surface area contributed by atoms with Crippen molar-refractivity contribution in [3.05, 3.63) is 0 Å². The van der Waals surface area contributed by atoms with Crippen LogP contribution in [0.15, 0.2) is 0 Å². The Bertz CT molecular complexity index is 230. The van der Waals surface area contributed by atoms with E-state index < -0.39 is 18.1 Å². The average Bonchev–Trinajstić information content (AvgIpc) is 2.15. The number of carbonyl (C=O) groups is 2. The van der Waals surface area contributed by atoms with Crippen LogP contribution in [0, 0.1) is 5.92 Å². The van der Waals surface area contributed by atoms with Crippen molar-refractivity contribution in [1.29, 1.82) is 0 Å². The minimum atomic E-state index is -1.44. The fourth-order valence-electron chi connectivity index (χ4n) is 0.876. The third-order valence-corrected chi connectivity index (χ3v) is 2.02. The molecule has 0 spiro atoms. The molecule has 1 amide bonds. The number of aliphatic carboxylic acids is 1. The van der Waals surface area contributed by atoms with Crippen LogP contribution in [0.5, 0.6) is 0 Å². The van der Waals surface area contributed by atoms with E-state index in [9.17, 15) is 9.59 Å². The molecule has 0 bridgehead atoms. The van der Waals surface area contributed by atoms with Gasteiger partial charge >= 0.3 is 5.97 Å². The third kappa shape index (κ3) is 5.34. The minimum Gasteiger partial charge on any atom is -0.479 e. The molecule has 2 atom stereocenters. The Morgan fingerprint density at radius 3 is 2.33 bits per heavy atom. The van der Waals surface area contributed by atoms with Crippen LogP contribution < -0.4 is 11.1 Å². The zero-order chi connectivity index (χ0) is 12.0. The molecule has 5 N–H and O–H groups in total. The Labute approximate surface area is 88.5 Å². The zero-order valence-electron chi connectivity index (χ0n) is 8.93. The standard InChI is InChI=1S/C9H18N2O4/c1-5(2)7(10)8(13)11-4-3-6(12)9(14)15/h5-7,12H,3-4,10H2,1-2H3,(H,11,13)(H,14,15)/t6-,7-/m0/s1. The smallest absolute Gasteiger partial charge is 0.332 e. The molecule has 0 aliphatic rings. The number of hydrogen-bond acceptors (Lipinski definition) is 4. The molecule has 88 valence electrons. The van der Waals surface area contributed by atoms with Gasteiger partial charge in [-0.2, -0.15) is 0 Å². The first-order valence-electron chi connectivity index (χ1n) is 4.80. The lowest BCUT2D eigenvalue weighted by Gasteiger charge is -2.15. The molecule has 6 nitrogen and oxygen atoms in total. The van der Waals surface area contributed by atoms with E-state index in [0.717, 1.165) is 0 Å². The largest absolute Gasteiger partial charge is 0.479 e. The summed E-state index contributed by atoms with van der Waals surface area (Å²) >= 11 is 0. The maximum atomic E-state index is 11.3. The lowest BCUT2D eigenvalue weighted by atomic mass is 10.1. The number of rotatable bonds is 6. The van der Waals surface area contributed by atoms with Crippen molar-refractivity contribution in [2.75, 3.05) is 6.54 Å². The fraction of sp³-hybridized carbons (Fsp3) is 0.778. The van der Waals surface area contributed by atoms with Gasteiger partial charge in [0, 0.05) is 13.0 Å². The Balaban J connectivity index is 3.78. The first-order chi connectivity index (χ1) is 6.86. The van der Waals surface area contributed by atoms with Crippen LogP contribution in [0.25, 0.3) is 0 Å². The van der Waals surface area contributed by atoms with Crippen molar-refractivity contribution in [1.82, 2.24) is 5.32 Å². The lowest BCUT2D eigenvalue weighted by molar-refractivity contribution is -0.147. The third-order valence-electron chi connectivity index (χ3n) is 2.02. The van der Waals surface area contributed by atoms with Crippen molar-refractivity contribution in [2.45, 2.75) is 32.4 Å². The van der Waals surface area contributed by atoms with Crippen molar-refractivity contribution < 1.29 is 19.8 Å². The van der Waals surface area contributed by atoms with Gasteiger partial charge in [0.1, 0.15) is 0 Å². The second-order valence-electron chi connectivity index (χ2n) is 3.70. The number of nitrogens with one attached hydrogen (secondary N) is 1. The average molecular weight is 218 g/mol. The molecule has 0 fully saturated rings. The first-order valence-corrected chi connectivity index (χ1v) is 4.80. The summed E-state index contributed by atoms with van der Waals surface area (Å²) in [6, 6.07) is -0.605. The van der Waals surface area contributed by atoms with Gasteiger partial charge in [0.15, 0.2) is 6.10 Å². The number of aliphatic hydroxyl groups excluding tert-OH is 1. The highest BCUT2D eigenvalue weighted by Crippen LogP contribution is 1.98. The minimum absolute atomic E-state index is 0.0219. The van der Waals surface area contributed by atoms with E-state index in [1.54, 1.807) is 0 Å². The summed E-state index contributed by atoms with van der Waals surface area (Å²) in [4.78, 5) is 21.5. The van der Waals surface area contributed by atoms with Gasteiger partial charge in [-0.3, -0.25) is 4.79 Å². The highest BCUT2D eigenvalue weighted by atomic mass is 16.4. The first kappa shape index (κ1) is 13.9. The number of hydrogen-bond donors (Lipinski definition) is 4. The van der Waals surface area contributed by atoms with E-state index >= 15 is 0 Å². The van der Waals surface area contributed by atoms with Gasteiger partial charge in [0.25, 0.3) is 0 Å². The van der Waals surface area contributed by atoms with Crippen LogP contribution >= 0.6 is 0 Å². The summed E-state index contributed by atoms with van der Waals surface area (Å²) in [7, 11) is 0. The van der Waals surface area contributed by atoms with Crippen molar-refractivity contribution >= 4 is 11.9 Å². The van der Waals surface area contributed by atoms with E-state index in [1.807, 2.05) is 13.8 Å². The Morgan fingerprint density at radius 2 is 1.93 bits per heavy atom. The molecule has 6 heteroatoms. The molecular formula is C9H18N2O4. The fourth-order valence-corrected chi connectivity index (χ4v) is 0.876. The van der Waals surface area contributed by atoms with Crippen LogP contribution in [0.2, 0.25) is 0 Å². The Hall–Kier alpha value is -1.14. The molecular weight excluding hydrogens is 200 g/mol. The molecule has 0 aromatic rings. The summed E-state index contributed by atoms with van der Waals surface area (Å²) in [6.07, 6.45) is -1.47.